The predicted molar refractivity (Wildman–Crippen MR) is 85.1 cm³/mol. The summed E-state index contributed by atoms with van der Waals surface area (Å²) in [6, 6.07) is 8.23. The van der Waals surface area contributed by atoms with Gasteiger partial charge in [0.1, 0.15) is 16.8 Å². The van der Waals surface area contributed by atoms with E-state index in [1.165, 1.54) is 11.1 Å². The topological polar surface area (TPSA) is 29.0 Å². The quantitative estimate of drug-likeness (QED) is 0.771. The molecule has 0 atom stereocenters. The summed E-state index contributed by atoms with van der Waals surface area (Å²) in [5.41, 5.74) is 3.57. The third-order valence-electron chi connectivity index (χ3n) is 3.15. The maximum atomic E-state index is 6.11. The average molecular weight is 290 g/mol. The third-order valence-corrected chi connectivity index (χ3v) is 3.35. The van der Waals surface area contributed by atoms with Crippen LogP contribution < -0.4 is 4.90 Å². The first-order valence-electron chi connectivity index (χ1n) is 6.73. The number of hydrogen-bond donors (Lipinski definition) is 0. The Kier molecular flexibility index (Phi) is 4.29. The summed E-state index contributed by atoms with van der Waals surface area (Å²) in [5.74, 6) is 1.84. The summed E-state index contributed by atoms with van der Waals surface area (Å²) in [6.45, 7) is 8.31. The molecular formula is C16H20ClN3. The van der Waals surface area contributed by atoms with E-state index in [4.69, 9.17) is 11.6 Å². The van der Waals surface area contributed by atoms with Crippen LogP contribution in [0.25, 0.3) is 0 Å². The number of aromatic nitrogens is 2. The number of halogens is 1. The van der Waals surface area contributed by atoms with Crippen LogP contribution in [0.5, 0.6) is 0 Å². The van der Waals surface area contributed by atoms with Crippen LogP contribution in [0.4, 0.5) is 11.5 Å². The van der Waals surface area contributed by atoms with Gasteiger partial charge in [0.25, 0.3) is 0 Å². The van der Waals surface area contributed by atoms with Crippen molar-refractivity contribution >= 4 is 23.1 Å². The minimum atomic E-state index is 0.250. The molecule has 0 radical (unpaired) electrons. The molecule has 106 valence electrons. The number of rotatable bonds is 3. The van der Waals surface area contributed by atoms with Gasteiger partial charge in [-0.2, -0.15) is 0 Å². The van der Waals surface area contributed by atoms with Crippen molar-refractivity contribution in [3.8, 4) is 0 Å². The van der Waals surface area contributed by atoms with Crippen molar-refractivity contribution in [3.63, 3.8) is 0 Å². The monoisotopic (exact) mass is 289 g/mol. The smallest absolute Gasteiger partial charge is 0.137 e. The van der Waals surface area contributed by atoms with E-state index in [0.29, 0.717) is 5.15 Å². The van der Waals surface area contributed by atoms with Gasteiger partial charge in [0, 0.05) is 24.7 Å². The molecule has 0 aliphatic heterocycles. The normalized spacial score (nSPS) is 10.9. The Bertz CT molecular complexity index is 603. The molecule has 0 aliphatic rings. The molecule has 0 fully saturated rings. The van der Waals surface area contributed by atoms with Crippen LogP contribution in [-0.4, -0.2) is 17.0 Å². The fraction of sp³-hybridized carbons (Fsp3) is 0.375. The summed E-state index contributed by atoms with van der Waals surface area (Å²) in [5, 5.41) is 0.481. The van der Waals surface area contributed by atoms with Gasteiger partial charge in [0.2, 0.25) is 0 Å². The van der Waals surface area contributed by atoms with Crippen LogP contribution in [0.3, 0.4) is 0 Å². The lowest BCUT2D eigenvalue weighted by atomic mass is 10.1. The van der Waals surface area contributed by atoms with Gasteiger partial charge in [0.05, 0.1) is 0 Å². The molecule has 2 rings (SSSR count). The van der Waals surface area contributed by atoms with Crippen molar-refractivity contribution in [2.24, 2.45) is 0 Å². The Hall–Kier alpha value is -1.61. The van der Waals surface area contributed by atoms with Gasteiger partial charge < -0.3 is 4.90 Å². The predicted octanol–water partition coefficient (Wildman–Crippen LogP) is 4.64. The molecule has 0 aliphatic carbocycles. The van der Waals surface area contributed by atoms with Gasteiger partial charge in [-0.1, -0.05) is 31.5 Å². The highest BCUT2D eigenvalue weighted by Crippen LogP contribution is 2.26. The Morgan fingerprint density at radius 3 is 2.15 bits per heavy atom. The fourth-order valence-electron chi connectivity index (χ4n) is 2.13. The molecule has 20 heavy (non-hydrogen) atoms. The van der Waals surface area contributed by atoms with Gasteiger partial charge in [-0.25, -0.2) is 9.97 Å². The van der Waals surface area contributed by atoms with Gasteiger partial charge in [-0.15, -0.1) is 0 Å². The zero-order valence-electron chi connectivity index (χ0n) is 12.6. The third kappa shape index (κ3) is 3.28. The van der Waals surface area contributed by atoms with Crippen molar-refractivity contribution in [2.45, 2.75) is 33.6 Å². The SMILES string of the molecule is Cc1cc(C)cc(N(C)c2cc(Cl)nc(C(C)C)n2)c1. The van der Waals surface area contributed by atoms with Crippen LogP contribution >= 0.6 is 11.6 Å². The van der Waals surface area contributed by atoms with Crippen molar-refractivity contribution in [1.29, 1.82) is 0 Å². The van der Waals surface area contributed by atoms with Crippen molar-refractivity contribution in [3.05, 3.63) is 46.4 Å². The zero-order valence-corrected chi connectivity index (χ0v) is 13.4. The minimum absolute atomic E-state index is 0.250. The fourth-order valence-corrected chi connectivity index (χ4v) is 2.31. The number of aryl methyl sites for hydroxylation is 2. The van der Waals surface area contributed by atoms with E-state index >= 15 is 0 Å². The number of benzene rings is 1. The van der Waals surface area contributed by atoms with E-state index < -0.39 is 0 Å². The molecule has 1 aromatic carbocycles. The molecule has 4 heteroatoms. The largest absolute Gasteiger partial charge is 0.329 e. The number of nitrogens with zero attached hydrogens (tertiary/aromatic N) is 3. The molecule has 1 heterocycles. The second-order valence-corrected chi connectivity index (χ2v) is 5.85. The summed E-state index contributed by atoms with van der Waals surface area (Å²) >= 11 is 6.11. The summed E-state index contributed by atoms with van der Waals surface area (Å²) in [4.78, 5) is 10.9. The lowest BCUT2D eigenvalue weighted by Crippen LogP contribution is -2.13. The summed E-state index contributed by atoms with van der Waals surface area (Å²) in [6.07, 6.45) is 0. The zero-order chi connectivity index (χ0) is 14.9. The van der Waals surface area contributed by atoms with Crippen LogP contribution in [-0.2, 0) is 0 Å². The molecule has 0 spiro atoms. The van der Waals surface area contributed by atoms with E-state index in [-0.39, 0.29) is 5.92 Å². The highest BCUT2D eigenvalue weighted by molar-refractivity contribution is 6.29. The van der Waals surface area contributed by atoms with Crippen molar-refractivity contribution < 1.29 is 0 Å². The van der Waals surface area contributed by atoms with Crippen molar-refractivity contribution in [2.75, 3.05) is 11.9 Å². The van der Waals surface area contributed by atoms with Gasteiger partial charge in [-0.05, 0) is 37.1 Å². The molecule has 2 aromatic rings. The standard InChI is InChI=1S/C16H20ClN3/c1-10(2)16-18-14(17)9-15(19-16)20(5)13-7-11(3)6-12(4)8-13/h6-10H,1-5H3. The Labute approximate surface area is 125 Å². The second-order valence-electron chi connectivity index (χ2n) is 5.47. The second kappa shape index (κ2) is 5.80. The molecule has 0 unspecified atom stereocenters. The molecule has 1 aromatic heterocycles. The molecular weight excluding hydrogens is 270 g/mol. The lowest BCUT2D eigenvalue weighted by Gasteiger charge is -2.20. The number of hydrogen-bond acceptors (Lipinski definition) is 3. The van der Waals surface area contributed by atoms with Crippen LogP contribution in [0.15, 0.2) is 24.3 Å². The minimum Gasteiger partial charge on any atom is -0.329 e. The maximum Gasteiger partial charge on any atom is 0.137 e. The average Bonchev–Trinajstić information content (AvgIpc) is 2.35. The molecule has 0 saturated heterocycles. The van der Waals surface area contributed by atoms with Crippen LogP contribution in [0.1, 0.15) is 36.7 Å². The molecule has 0 amide bonds. The van der Waals surface area contributed by atoms with Crippen LogP contribution in [0.2, 0.25) is 5.15 Å². The Balaban J connectivity index is 2.44. The first-order chi connectivity index (χ1) is 9.36. The van der Waals surface area contributed by atoms with E-state index in [1.807, 2.05) is 11.9 Å². The lowest BCUT2D eigenvalue weighted by molar-refractivity contribution is 0.772. The highest BCUT2D eigenvalue weighted by Gasteiger charge is 2.12. The Morgan fingerprint density at radius 1 is 1.00 bits per heavy atom. The van der Waals surface area contributed by atoms with E-state index in [9.17, 15) is 0 Å². The van der Waals surface area contributed by atoms with Gasteiger partial charge >= 0.3 is 0 Å². The summed E-state index contributed by atoms with van der Waals surface area (Å²) in [7, 11) is 2.00. The molecule has 0 bridgehead atoms. The van der Waals surface area contributed by atoms with E-state index in [1.54, 1.807) is 6.07 Å². The van der Waals surface area contributed by atoms with Crippen molar-refractivity contribution in [1.82, 2.24) is 9.97 Å². The van der Waals surface area contributed by atoms with E-state index in [0.717, 1.165) is 17.3 Å². The first-order valence-corrected chi connectivity index (χ1v) is 7.11. The summed E-state index contributed by atoms with van der Waals surface area (Å²) < 4.78 is 0. The van der Waals surface area contributed by atoms with Crippen LogP contribution in [0, 0.1) is 13.8 Å². The highest BCUT2D eigenvalue weighted by atomic mass is 35.5. The first kappa shape index (κ1) is 14.8. The maximum absolute atomic E-state index is 6.11. The van der Waals surface area contributed by atoms with Gasteiger partial charge in [-0.3, -0.25) is 0 Å². The number of anilines is 2. The molecule has 3 nitrogen and oxygen atoms in total. The Morgan fingerprint density at radius 2 is 1.60 bits per heavy atom. The molecule has 0 saturated carbocycles. The van der Waals surface area contributed by atoms with Gasteiger partial charge in [0.15, 0.2) is 0 Å². The molecule has 0 N–H and O–H groups in total. The van der Waals surface area contributed by atoms with E-state index in [2.05, 4.69) is 55.9 Å².